The Kier molecular flexibility index (Phi) is 3.79. The zero-order valence-electron chi connectivity index (χ0n) is 10.7. The Morgan fingerprint density at radius 3 is 2.45 bits per heavy atom. The SMILES string of the molecule is Cc1cc(C(=O)O)ccc1NC(=O)c1ccccc1F. The van der Waals surface area contributed by atoms with Gasteiger partial charge in [-0.05, 0) is 42.8 Å². The summed E-state index contributed by atoms with van der Waals surface area (Å²) in [6, 6.07) is 9.96. The average molecular weight is 273 g/mol. The van der Waals surface area contributed by atoms with Gasteiger partial charge >= 0.3 is 5.97 Å². The molecule has 0 bridgehead atoms. The van der Waals surface area contributed by atoms with Crippen molar-refractivity contribution in [2.75, 3.05) is 5.32 Å². The van der Waals surface area contributed by atoms with E-state index < -0.39 is 17.7 Å². The molecule has 0 spiro atoms. The first kappa shape index (κ1) is 13.7. The van der Waals surface area contributed by atoms with Gasteiger partial charge in [-0.3, -0.25) is 4.79 Å². The average Bonchev–Trinajstić information content (AvgIpc) is 2.41. The molecule has 0 atom stereocenters. The molecule has 4 nitrogen and oxygen atoms in total. The number of hydrogen-bond acceptors (Lipinski definition) is 2. The maximum atomic E-state index is 13.5. The van der Waals surface area contributed by atoms with E-state index in [9.17, 15) is 14.0 Å². The van der Waals surface area contributed by atoms with Gasteiger partial charge < -0.3 is 10.4 Å². The number of hydrogen-bond donors (Lipinski definition) is 2. The van der Waals surface area contributed by atoms with E-state index in [2.05, 4.69) is 5.32 Å². The lowest BCUT2D eigenvalue weighted by molar-refractivity contribution is 0.0696. The fraction of sp³-hybridized carbons (Fsp3) is 0.0667. The number of aryl methyl sites for hydroxylation is 1. The Hall–Kier alpha value is -2.69. The number of anilines is 1. The highest BCUT2D eigenvalue weighted by molar-refractivity contribution is 6.05. The van der Waals surface area contributed by atoms with Gasteiger partial charge in [-0.2, -0.15) is 0 Å². The first-order valence-corrected chi connectivity index (χ1v) is 5.89. The van der Waals surface area contributed by atoms with Crippen molar-refractivity contribution in [2.45, 2.75) is 6.92 Å². The lowest BCUT2D eigenvalue weighted by Crippen LogP contribution is -2.14. The third-order valence-corrected chi connectivity index (χ3v) is 2.84. The van der Waals surface area contributed by atoms with E-state index in [0.29, 0.717) is 11.3 Å². The molecule has 0 heterocycles. The fourth-order valence-electron chi connectivity index (χ4n) is 1.77. The van der Waals surface area contributed by atoms with E-state index in [-0.39, 0.29) is 11.1 Å². The number of nitrogens with one attached hydrogen (secondary N) is 1. The first-order chi connectivity index (χ1) is 9.49. The third-order valence-electron chi connectivity index (χ3n) is 2.84. The predicted octanol–water partition coefficient (Wildman–Crippen LogP) is 3.08. The smallest absolute Gasteiger partial charge is 0.335 e. The second kappa shape index (κ2) is 5.52. The van der Waals surface area contributed by atoms with Gasteiger partial charge in [0.05, 0.1) is 11.1 Å². The van der Waals surface area contributed by atoms with Gasteiger partial charge in [0.15, 0.2) is 0 Å². The summed E-state index contributed by atoms with van der Waals surface area (Å²) in [5.74, 6) is -2.22. The van der Waals surface area contributed by atoms with Crippen molar-refractivity contribution in [1.29, 1.82) is 0 Å². The van der Waals surface area contributed by atoms with Crippen molar-refractivity contribution in [3.05, 3.63) is 65.0 Å². The van der Waals surface area contributed by atoms with E-state index in [1.54, 1.807) is 13.0 Å². The quantitative estimate of drug-likeness (QED) is 0.903. The minimum Gasteiger partial charge on any atom is -0.478 e. The molecule has 102 valence electrons. The number of benzene rings is 2. The van der Waals surface area contributed by atoms with E-state index >= 15 is 0 Å². The Balaban J connectivity index is 2.25. The van der Waals surface area contributed by atoms with Crippen molar-refractivity contribution in [1.82, 2.24) is 0 Å². The maximum absolute atomic E-state index is 13.5. The molecule has 2 N–H and O–H groups in total. The minimum atomic E-state index is -1.04. The standard InChI is InChI=1S/C15H12FNO3/c1-9-8-10(15(19)20)6-7-13(9)17-14(18)11-4-2-3-5-12(11)16/h2-8H,1H3,(H,17,18)(H,19,20). The molecule has 20 heavy (non-hydrogen) atoms. The van der Waals surface area contributed by atoms with Gasteiger partial charge in [0.1, 0.15) is 5.82 Å². The zero-order valence-corrected chi connectivity index (χ0v) is 10.7. The molecule has 0 saturated carbocycles. The lowest BCUT2D eigenvalue weighted by atomic mass is 10.1. The van der Waals surface area contributed by atoms with Gasteiger partial charge in [-0.15, -0.1) is 0 Å². The second-order valence-electron chi connectivity index (χ2n) is 4.27. The molecule has 2 aromatic carbocycles. The number of rotatable bonds is 3. The summed E-state index contributed by atoms with van der Waals surface area (Å²) < 4.78 is 13.5. The molecule has 0 aromatic heterocycles. The van der Waals surface area contributed by atoms with Crippen LogP contribution in [0.1, 0.15) is 26.3 Å². The number of carboxylic acids is 1. The van der Waals surface area contributed by atoms with Gasteiger partial charge in [-0.25, -0.2) is 9.18 Å². The molecule has 5 heteroatoms. The van der Waals surface area contributed by atoms with Crippen LogP contribution in [0.4, 0.5) is 10.1 Å². The van der Waals surface area contributed by atoms with Crippen LogP contribution in [-0.4, -0.2) is 17.0 Å². The van der Waals surface area contributed by atoms with Crippen LogP contribution in [0.5, 0.6) is 0 Å². The van der Waals surface area contributed by atoms with Gasteiger partial charge in [0.25, 0.3) is 5.91 Å². The van der Waals surface area contributed by atoms with Gasteiger partial charge in [0.2, 0.25) is 0 Å². The topological polar surface area (TPSA) is 66.4 Å². The van der Waals surface area contributed by atoms with Crippen molar-refractivity contribution in [3.8, 4) is 0 Å². The van der Waals surface area contributed by atoms with Crippen molar-refractivity contribution in [3.63, 3.8) is 0 Å². The van der Waals surface area contributed by atoms with Gasteiger partial charge in [-0.1, -0.05) is 12.1 Å². The highest BCUT2D eigenvalue weighted by Crippen LogP contribution is 2.18. The molecular weight excluding hydrogens is 261 g/mol. The molecule has 1 amide bonds. The summed E-state index contributed by atoms with van der Waals surface area (Å²) in [6.45, 7) is 1.67. The predicted molar refractivity (Wildman–Crippen MR) is 72.5 cm³/mol. The van der Waals surface area contributed by atoms with Crippen LogP contribution in [0.3, 0.4) is 0 Å². The van der Waals surface area contributed by atoms with Crippen LogP contribution >= 0.6 is 0 Å². The Labute approximate surface area is 114 Å². The van der Waals surface area contributed by atoms with E-state index in [1.807, 2.05) is 0 Å². The first-order valence-electron chi connectivity index (χ1n) is 5.89. The largest absolute Gasteiger partial charge is 0.478 e. The second-order valence-corrected chi connectivity index (χ2v) is 4.27. The van der Waals surface area contributed by atoms with Crippen LogP contribution in [0.25, 0.3) is 0 Å². The zero-order chi connectivity index (χ0) is 14.7. The number of carboxylic acid groups (broad SMARTS) is 1. The van der Waals surface area contributed by atoms with E-state index in [0.717, 1.165) is 0 Å². The molecule has 0 aliphatic heterocycles. The fourth-order valence-corrected chi connectivity index (χ4v) is 1.77. The molecule has 0 saturated heterocycles. The Morgan fingerprint density at radius 1 is 1.15 bits per heavy atom. The highest BCUT2D eigenvalue weighted by Gasteiger charge is 2.13. The summed E-state index contributed by atoms with van der Waals surface area (Å²) in [4.78, 5) is 22.8. The van der Waals surface area contributed by atoms with Crippen LogP contribution in [-0.2, 0) is 0 Å². The van der Waals surface area contributed by atoms with Crippen molar-refractivity contribution >= 4 is 17.6 Å². The van der Waals surface area contributed by atoms with Crippen molar-refractivity contribution in [2.24, 2.45) is 0 Å². The van der Waals surface area contributed by atoms with E-state index in [4.69, 9.17) is 5.11 Å². The monoisotopic (exact) mass is 273 g/mol. The van der Waals surface area contributed by atoms with Crippen LogP contribution in [0.15, 0.2) is 42.5 Å². The van der Waals surface area contributed by atoms with Crippen molar-refractivity contribution < 1.29 is 19.1 Å². The summed E-state index contributed by atoms with van der Waals surface area (Å²) in [5.41, 5.74) is 1.11. The molecule has 2 rings (SSSR count). The number of amides is 1. The summed E-state index contributed by atoms with van der Waals surface area (Å²) in [5, 5.41) is 11.4. The maximum Gasteiger partial charge on any atom is 0.335 e. The highest BCUT2D eigenvalue weighted by atomic mass is 19.1. The molecule has 0 unspecified atom stereocenters. The number of halogens is 1. The number of carbonyl (C=O) groups excluding carboxylic acids is 1. The summed E-state index contributed by atoms with van der Waals surface area (Å²) in [7, 11) is 0. The number of aromatic carboxylic acids is 1. The lowest BCUT2D eigenvalue weighted by Gasteiger charge is -2.09. The molecule has 0 aliphatic carbocycles. The van der Waals surface area contributed by atoms with E-state index in [1.165, 1.54) is 36.4 Å². The summed E-state index contributed by atoms with van der Waals surface area (Å²) >= 11 is 0. The molecule has 2 aromatic rings. The molecule has 0 fully saturated rings. The Bertz CT molecular complexity index is 683. The van der Waals surface area contributed by atoms with Crippen LogP contribution in [0, 0.1) is 12.7 Å². The van der Waals surface area contributed by atoms with Crippen LogP contribution in [0.2, 0.25) is 0 Å². The van der Waals surface area contributed by atoms with Gasteiger partial charge in [0, 0.05) is 5.69 Å². The Morgan fingerprint density at radius 2 is 1.85 bits per heavy atom. The third kappa shape index (κ3) is 2.83. The molecule has 0 radical (unpaired) electrons. The normalized spacial score (nSPS) is 10.1. The summed E-state index contributed by atoms with van der Waals surface area (Å²) in [6.07, 6.45) is 0. The molecule has 0 aliphatic rings. The minimum absolute atomic E-state index is 0.0609. The van der Waals surface area contributed by atoms with Crippen LogP contribution < -0.4 is 5.32 Å². The number of carbonyl (C=O) groups is 2. The molecular formula is C15H12FNO3.